The van der Waals surface area contributed by atoms with Crippen molar-refractivity contribution in [2.45, 2.75) is 39.0 Å². The maximum atomic E-state index is 11.6. The number of aliphatic carboxylic acids is 1. The maximum absolute atomic E-state index is 11.6. The molecule has 23 heavy (non-hydrogen) atoms. The monoisotopic (exact) mass is 325 g/mol. The first-order chi connectivity index (χ1) is 10.7. The number of carboxylic acid groups (broad SMARTS) is 1. The Balaban J connectivity index is 2.46. The number of hydrogen-bond acceptors (Lipinski definition) is 5. The first-order valence-corrected chi connectivity index (χ1v) is 7.14. The van der Waals surface area contributed by atoms with E-state index >= 15 is 0 Å². The highest BCUT2D eigenvalue weighted by Crippen LogP contribution is 2.12. The van der Waals surface area contributed by atoms with Crippen LogP contribution in [0.1, 0.15) is 26.3 Å². The molecule has 0 fully saturated rings. The summed E-state index contributed by atoms with van der Waals surface area (Å²) in [5.74, 6) is -0.464. The molecule has 0 saturated carbocycles. The van der Waals surface area contributed by atoms with Crippen molar-refractivity contribution in [3.05, 3.63) is 29.8 Å². The second-order valence-corrected chi connectivity index (χ2v) is 5.90. The number of rotatable bonds is 7. The van der Waals surface area contributed by atoms with E-state index in [0.29, 0.717) is 0 Å². The van der Waals surface area contributed by atoms with E-state index in [9.17, 15) is 9.59 Å². The van der Waals surface area contributed by atoms with Gasteiger partial charge in [0, 0.05) is 0 Å². The molecule has 1 aromatic rings. The van der Waals surface area contributed by atoms with Crippen LogP contribution in [0.2, 0.25) is 0 Å². The second kappa shape index (κ2) is 8.38. The number of benzene rings is 1. The van der Waals surface area contributed by atoms with Crippen LogP contribution in [0.5, 0.6) is 5.75 Å². The quantitative estimate of drug-likeness (QED) is 0.798. The zero-order valence-electron chi connectivity index (χ0n) is 13.8. The fourth-order valence-corrected chi connectivity index (χ4v) is 1.64. The minimum Gasteiger partial charge on any atom is -0.497 e. The van der Waals surface area contributed by atoms with Gasteiger partial charge in [-0.05, 0) is 38.5 Å². The van der Waals surface area contributed by atoms with E-state index in [1.165, 1.54) is 0 Å². The summed E-state index contributed by atoms with van der Waals surface area (Å²) < 4.78 is 15.4. The minimum atomic E-state index is -1.19. The number of nitrogens with one attached hydrogen (secondary N) is 1. The lowest BCUT2D eigenvalue weighted by molar-refractivity contribution is -0.141. The third kappa shape index (κ3) is 7.51. The number of methoxy groups -OCH3 is 1. The van der Waals surface area contributed by atoms with Gasteiger partial charge in [0.25, 0.3) is 0 Å². The number of amides is 1. The molecule has 0 saturated heterocycles. The van der Waals surface area contributed by atoms with Gasteiger partial charge in [0.2, 0.25) is 0 Å². The Morgan fingerprint density at radius 1 is 1.22 bits per heavy atom. The lowest BCUT2D eigenvalue weighted by atomic mass is 10.2. The van der Waals surface area contributed by atoms with Gasteiger partial charge in [-0.25, -0.2) is 9.59 Å². The molecule has 0 aliphatic rings. The SMILES string of the molecule is COc1ccc(COC[C@@H](NC(=O)OC(C)(C)C)C(=O)O)cc1. The topological polar surface area (TPSA) is 94.1 Å². The molecule has 128 valence electrons. The number of carbonyl (C=O) groups is 2. The average molecular weight is 325 g/mol. The summed E-state index contributed by atoms with van der Waals surface area (Å²) in [7, 11) is 1.57. The van der Waals surface area contributed by atoms with Gasteiger partial charge in [0.1, 0.15) is 11.4 Å². The fraction of sp³-hybridized carbons (Fsp3) is 0.500. The van der Waals surface area contributed by atoms with E-state index in [1.54, 1.807) is 40.0 Å². The molecule has 0 bridgehead atoms. The predicted molar refractivity (Wildman–Crippen MR) is 83.4 cm³/mol. The van der Waals surface area contributed by atoms with Gasteiger partial charge in [-0.2, -0.15) is 0 Å². The third-order valence-corrected chi connectivity index (χ3v) is 2.70. The summed E-state index contributed by atoms with van der Waals surface area (Å²) in [5.41, 5.74) is 0.170. The largest absolute Gasteiger partial charge is 0.497 e. The molecule has 0 aliphatic carbocycles. The summed E-state index contributed by atoms with van der Waals surface area (Å²) in [6.07, 6.45) is -0.794. The van der Waals surface area contributed by atoms with Crippen molar-refractivity contribution in [3.63, 3.8) is 0 Å². The molecule has 0 aliphatic heterocycles. The van der Waals surface area contributed by atoms with Gasteiger partial charge in [-0.3, -0.25) is 0 Å². The summed E-state index contributed by atoms with van der Waals surface area (Å²) in [5, 5.41) is 11.4. The van der Waals surface area contributed by atoms with Gasteiger partial charge < -0.3 is 24.6 Å². The lowest BCUT2D eigenvalue weighted by Crippen LogP contribution is -2.46. The molecular formula is C16H23NO6. The Morgan fingerprint density at radius 3 is 2.30 bits per heavy atom. The van der Waals surface area contributed by atoms with Gasteiger partial charge >= 0.3 is 12.1 Å². The van der Waals surface area contributed by atoms with Crippen LogP contribution in [0.3, 0.4) is 0 Å². The zero-order chi connectivity index (χ0) is 17.5. The molecule has 7 nitrogen and oxygen atoms in total. The van der Waals surface area contributed by atoms with Crippen LogP contribution >= 0.6 is 0 Å². The van der Waals surface area contributed by atoms with Crippen molar-refractivity contribution in [2.24, 2.45) is 0 Å². The van der Waals surface area contributed by atoms with Crippen LogP contribution in [0.4, 0.5) is 4.79 Å². The molecule has 2 N–H and O–H groups in total. The summed E-state index contributed by atoms with van der Waals surface area (Å²) in [6, 6.07) is 6.02. The third-order valence-electron chi connectivity index (χ3n) is 2.70. The van der Waals surface area contributed by atoms with Crippen molar-refractivity contribution in [1.82, 2.24) is 5.32 Å². The van der Waals surface area contributed by atoms with E-state index in [1.807, 2.05) is 12.1 Å². The molecule has 0 unspecified atom stereocenters. The standard InChI is InChI=1S/C16H23NO6/c1-16(2,3)23-15(20)17-13(14(18)19)10-22-9-11-5-7-12(21-4)8-6-11/h5-8,13H,9-10H2,1-4H3,(H,17,20)(H,18,19)/t13-/m1/s1. The van der Waals surface area contributed by atoms with Crippen LogP contribution in [0.25, 0.3) is 0 Å². The Bertz CT molecular complexity index is 520. The van der Waals surface area contributed by atoms with Crippen LogP contribution in [0, 0.1) is 0 Å². The summed E-state index contributed by atoms with van der Waals surface area (Å²) in [4.78, 5) is 22.8. The molecule has 0 aromatic heterocycles. The first-order valence-electron chi connectivity index (χ1n) is 7.14. The zero-order valence-corrected chi connectivity index (χ0v) is 13.8. The molecule has 0 radical (unpaired) electrons. The first kappa shape index (κ1) is 18.8. The van der Waals surface area contributed by atoms with Crippen molar-refractivity contribution in [1.29, 1.82) is 0 Å². The number of ether oxygens (including phenoxy) is 3. The van der Waals surface area contributed by atoms with Gasteiger partial charge in [0.05, 0.1) is 20.3 Å². The van der Waals surface area contributed by atoms with Gasteiger partial charge in [-0.1, -0.05) is 12.1 Å². The molecule has 1 atom stereocenters. The number of alkyl carbamates (subject to hydrolysis) is 1. The van der Waals surface area contributed by atoms with Crippen LogP contribution < -0.4 is 10.1 Å². The van der Waals surface area contributed by atoms with Crippen LogP contribution in [0.15, 0.2) is 24.3 Å². The molecule has 7 heteroatoms. The highest BCUT2D eigenvalue weighted by molar-refractivity contribution is 5.80. The van der Waals surface area contributed by atoms with E-state index < -0.39 is 23.7 Å². The molecule has 0 heterocycles. The van der Waals surface area contributed by atoms with Crippen molar-refractivity contribution < 1.29 is 28.9 Å². The number of carbonyl (C=O) groups excluding carboxylic acids is 1. The van der Waals surface area contributed by atoms with Crippen molar-refractivity contribution >= 4 is 12.1 Å². The molecule has 1 amide bonds. The molecule has 0 spiro atoms. The molecular weight excluding hydrogens is 302 g/mol. The van der Waals surface area contributed by atoms with Gasteiger partial charge in [-0.15, -0.1) is 0 Å². The molecule has 1 rings (SSSR count). The Hall–Kier alpha value is -2.28. The van der Waals surface area contributed by atoms with Crippen LogP contribution in [-0.2, 0) is 20.9 Å². The summed E-state index contributed by atoms with van der Waals surface area (Å²) >= 11 is 0. The molecule has 1 aromatic carbocycles. The summed E-state index contributed by atoms with van der Waals surface area (Å²) in [6.45, 7) is 5.15. The van der Waals surface area contributed by atoms with E-state index in [2.05, 4.69) is 5.32 Å². The van der Waals surface area contributed by atoms with E-state index in [-0.39, 0.29) is 13.2 Å². The number of carboxylic acids is 1. The van der Waals surface area contributed by atoms with Crippen molar-refractivity contribution in [2.75, 3.05) is 13.7 Å². The Morgan fingerprint density at radius 2 is 1.83 bits per heavy atom. The predicted octanol–water partition coefficient (Wildman–Crippen LogP) is 2.19. The van der Waals surface area contributed by atoms with Gasteiger partial charge in [0.15, 0.2) is 6.04 Å². The van der Waals surface area contributed by atoms with E-state index in [0.717, 1.165) is 11.3 Å². The maximum Gasteiger partial charge on any atom is 0.408 e. The Labute approximate surface area is 135 Å². The highest BCUT2D eigenvalue weighted by atomic mass is 16.6. The smallest absolute Gasteiger partial charge is 0.408 e. The second-order valence-electron chi connectivity index (χ2n) is 5.90. The lowest BCUT2D eigenvalue weighted by Gasteiger charge is -2.22. The fourth-order valence-electron chi connectivity index (χ4n) is 1.64. The highest BCUT2D eigenvalue weighted by Gasteiger charge is 2.24. The Kier molecular flexibility index (Phi) is 6.84. The average Bonchev–Trinajstić information content (AvgIpc) is 2.44. The normalized spacial score (nSPS) is 12.3. The number of hydrogen-bond donors (Lipinski definition) is 2. The van der Waals surface area contributed by atoms with E-state index in [4.69, 9.17) is 19.3 Å². The minimum absolute atomic E-state index is 0.166. The van der Waals surface area contributed by atoms with Crippen molar-refractivity contribution in [3.8, 4) is 5.75 Å². The van der Waals surface area contributed by atoms with Crippen LogP contribution in [-0.4, -0.2) is 42.5 Å².